The minimum absolute atomic E-state index is 0.147. The van der Waals surface area contributed by atoms with E-state index in [1.807, 2.05) is 0 Å². The van der Waals surface area contributed by atoms with Crippen LogP contribution in [0.3, 0.4) is 0 Å². The number of aryl methyl sites for hydroxylation is 1. The second kappa shape index (κ2) is 5.08. The highest BCUT2D eigenvalue weighted by Crippen LogP contribution is 2.26. The smallest absolute Gasteiger partial charge is 0.186 e. The fraction of sp³-hybridized carbons (Fsp3) is 0.167. The summed E-state index contributed by atoms with van der Waals surface area (Å²) >= 11 is 11.8. The predicted octanol–water partition coefficient (Wildman–Crippen LogP) is 3.94. The fourth-order valence-electron chi connectivity index (χ4n) is 1.54. The molecule has 0 atom stereocenters. The number of rotatable bonds is 2. The van der Waals surface area contributed by atoms with Crippen LogP contribution < -0.4 is 5.32 Å². The van der Waals surface area contributed by atoms with Crippen LogP contribution in [-0.4, -0.2) is 17.0 Å². The van der Waals surface area contributed by atoms with Gasteiger partial charge in [0.05, 0.1) is 5.69 Å². The molecular weight excluding hydrogens is 276 g/mol. The summed E-state index contributed by atoms with van der Waals surface area (Å²) in [4.78, 5) is 8.18. The average Bonchev–Trinajstić information content (AvgIpc) is 2.31. The zero-order valence-electron chi connectivity index (χ0n) is 9.76. The topological polar surface area (TPSA) is 37.8 Å². The summed E-state index contributed by atoms with van der Waals surface area (Å²) in [6.45, 7) is 1.58. The van der Waals surface area contributed by atoms with Crippen molar-refractivity contribution in [3.63, 3.8) is 0 Å². The highest BCUT2D eigenvalue weighted by Gasteiger charge is 2.12. The third-order valence-electron chi connectivity index (χ3n) is 2.37. The van der Waals surface area contributed by atoms with Gasteiger partial charge >= 0.3 is 0 Å². The standard InChI is InChI=1S/C12H10Cl2FN3/c1-6-10(15)12(16-2)18-11(17-6)7-3-8(13)5-9(14)4-7/h3-5H,1-2H3,(H,16,17,18). The molecule has 1 aromatic carbocycles. The molecule has 18 heavy (non-hydrogen) atoms. The number of hydrogen-bond donors (Lipinski definition) is 1. The van der Waals surface area contributed by atoms with Crippen molar-refractivity contribution in [3.8, 4) is 11.4 Å². The largest absolute Gasteiger partial charge is 0.371 e. The number of nitrogens with zero attached hydrogens (tertiary/aromatic N) is 2. The molecule has 2 aromatic rings. The van der Waals surface area contributed by atoms with E-state index in [4.69, 9.17) is 23.2 Å². The van der Waals surface area contributed by atoms with Gasteiger partial charge in [-0.2, -0.15) is 0 Å². The molecule has 0 amide bonds. The van der Waals surface area contributed by atoms with Gasteiger partial charge in [0.1, 0.15) is 0 Å². The molecule has 2 rings (SSSR count). The molecule has 0 unspecified atom stereocenters. The first-order chi connectivity index (χ1) is 8.51. The summed E-state index contributed by atoms with van der Waals surface area (Å²) in [6, 6.07) is 4.97. The van der Waals surface area contributed by atoms with Gasteiger partial charge < -0.3 is 5.32 Å². The molecule has 0 saturated carbocycles. The molecule has 0 aliphatic heterocycles. The van der Waals surface area contributed by atoms with E-state index in [0.29, 0.717) is 21.4 Å². The predicted molar refractivity (Wildman–Crippen MR) is 71.7 cm³/mol. The van der Waals surface area contributed by atoms with Crippen LogP contribution in [-0.2, 0) is 0 Å². The lowest BCUT2D eigenvalue weighted by molar-refractivity contribution is 0.607. The average molecular weight is 286 g/mol. The molecular formula is C12H10Cl2FN3. The van der Waals surface area contributed by atoms with Gasteiger partial charge in [-0.25, -0.2) is 14.4 Å². The molecule has 1 heterocycles. The summed E-state index contributed by atoms with van der Waals surface area (Å²) in [5.74, 6) is 0.0608. The van der Waals surface area contributed by atoms with Crippen molar-refractivity contribution < 1.29 is 4.39 Å². The quantitative estimate of drug-likeness (QED) is 0.908. The number of halogens is 3. The zero-order chi connectivity index (χ0) is 13.3. The van der Waals surface area contributed by atoms with Crippen molar-refractivity contribution in [1.29, 1.82) is 0 Å². The summed E-state index contributed by atoms with van der Waals surface area (Å²) in [6.07, 6.45) is 0. The molecule has 0 saturated heterocycles. The molecule has 0 radical (unpaired) electrons. The Balaban J connectivity index is 2.60. The molecule has 1 N–H and O–H groups in total. The summed E-state index contributed by atoms with van der Waals surface area (Å²) in [5, 5.41) is 3.64. The number of aromatic nitrogens is 2. The Kier molecular flexibility index (Phi) is 3.68. The van der Waals surface area contributed by atoms with E-state index in [0.717, 1.165) is 0 Å². The number of anilines is 1. The Morgan fingerprint density at radius 1 is 1.11 bits per heavy atom. The van der Waals surface area contributed by atoms with Gasteiger partial charge in [0, 0.05) is 22.7 Å². The second-order valence-corrected chi connectivity index (χ2v) is 4.58. The van der Waals surface area contributed by atoms with Crippen molar-refractivity contribution in [3.05, 3.63) is 39.8 Å². The van der Waals surface area contributed by atoms with Crippen LogP contribution in [0, 0.1) is 12.7 Å². The van der Waals surface area contributed by atoms with Crippen molar-refractivity contribution in [2.45, 2.75) is 6.92 Å². The van der Waals surface area contributed by atoms with Crippen LogP contribution in [0.25, 0.3) is 11.4 Å². The normalized spacial score (nSPS) is 10.5. The third-order valence-corrected chi connectivity index (χ3v) is 2.81. The van der Waals surface area contributed by atoms with Gasteiger partial charge in [0.2, 0.25) is 0 Å². The van der Waals surface area contributed by atoms with Gasteiger partial charge in [-0.15, -0.1) is 0 Å². The monoisotopic (exact) mass is 285 g/mol. The molecule has 3 nitrogen and oxygen atoms in total. The lowest BCUT2D eigenvalue weighted by atomic mass is 10.2. The van der Waals surface area contributed by atoms with Gasteiger partial charge in [-0.05, 0) is 25.1 Å². The Morgan fingerprint density at radius 3 is 2.28 bits per heavy atom. The van der Waals surface area contributed by atoms with E-state index < -0.39 is 5.82 Å². The Hall–Kier alpha value is -1.39. The van der Waals surface area contributed by atoms with Gasteiger partial charge in [-0.3, -0.25) is 0 Å². The van der Waals surface area contributed by atoms with Crippen LogP contribution >= 0.6 is 23.2 Å². The van der Waals surface area contributed by atoms with Crippen LogP contribution in [0.5, 0.6) is 0 Å². The van der Waals surface area contributed by atoms with Crippen molar-refractivity contribution in [2.75, 3.05) is 12.4 Å². The Labute approximate surface area is 114 Å². The highest BCUT2D eigenvalue weighted by molar-refractivity contribution is 6.35. The minimum Gasteiger partial charge on any atom is -0.371 e. The maximum atomic E-state index is 13.6. The molecule has 0 bridgehead atoms. The Morgan fingerprint density at radius 2 is 1.72 bits per heavy atom. The number of nitrogens with one attached hydrogen (secondary N) is 1. The summed E-state index contributed by atoms with van der Waals surface area (Å²) in [7, 11) is 1.60. The van der Waals surface area contributed by atoms with Crippen molar-refractivity contribution in [1.82, 2.24) is 9.97 Å². The maximum absolute atomic E-state index is 13.6. The van der Waals surface area contributed by atoms with E-state index in [9.17, 15) is 4.39 Å². The van der Waals surface area contributed by atoms with E-state index in [2.05, 4.69) is 15.3 Å². The first-order valence-electron chi connectivity index (χ1n) is 5.19. The molecule has 1 aromatic heterocycles. The summed E-state index contributed by atoms with van der Waals surface area (Å²) in [5.41, 5.74) is 0.910. The minimum atomic E-state index is -0.464. The van der Waals surface area contributed by atoms with Crippen LogP contribution in [0.1, 0.15) is 5.69 Å². The number of benzene rings is 1. The van der Waals surface area contributed by atoms with Crippen molar-refractivity contribution in [2.24, 2.45) is 0 Å². The molecule has 6 heteroatoms. The maximum Gasteiger partial charge on any atom is 0.186 e. The van der Waals surface area contributed by atoms with Gasteiger partial charge in [-0.1, -0.05) is 23.2 Å². The molecule has 0 fully saturated rings. The third kappa shape index (κ3) is 2.54. The fourth-order valence-corrected chi connectivity index (χ4v) is 2.06. The Bertz CT molecular complexity index is 582. The molecule has 94 valence electrons. The zero-order valence-corrected chi connectivity index (χ0v) is 11.3. The van der Waals surface area contributed by atoms with Crippen LogP contribution in [0.4, 0.5) is 10.2 Å². The molecule has 0 spiro atoms. The van der Waals surface area contributed by atoms with E-state index in [1.54, 1.807) is 32.2 Å². The SMILES string of the molecule is CNc1nc(-c2cc(Cl)cc(Cl)c2)nc(C)c1F. The lowest BCUT2D eigenvalue weighted by Crippen LogP contribution is -2.03. The van der Waals surface area contributed by atoms with Crippen LogP contribution in [0.15, 0.2) is 18.2 Å². The lowest BCUT2D eigenvalue weighted by Gasteiger charge is -2.08. The second-order valence-electron chi connectivity index (χ2n) is 3.70. The van der Waals surface area contributed by atoms with Gasteiger partial charge in [0.15, 0.2) is 17.5 Å². The van der Waals surface area contributed by atoms with Gasteiger partial charge in [0.25, 0.3) is 0 Å². The first-order valence-corrected chi connectivity index (χ1v) is 5.95. The molecule has 0 aliphatic rings. The van der Waals surface area contributed by atoms with E-state index >= 15 is 0 Å². The highest BCUT2D eigenvalue weighted by atomic mass is 35.5. The number of hydrogen-bond acceptors (Lipinski definition) is 3. The molecule has 0 aliphatic carbocycles. The summed E-state index contributed by atoms with van der Waals surface area (Å²) < 4.78 is 13.6. The van der Waals surface area contributed by atoms with E-state index in [1.165, 1.54) is 0 Å². The first kappa shape index (κ1) is 13.1. The van der Waals surface area contributed by atoms with Crippen LogP contribution in [0.2, 0.25) is 10.0 Å². The van der Waals surface area contributed by atoms with Crippen molar-refractivity contribution >= 4 is 29.0 Å². The van der Waals surface area contributed by atoms with E-state index in [-0.39, 0.29) is 11.5 Å².